The van der Waals surface area contributed by atoms with Gasteiger partial charge in [0.15, 0.2) is 21.8 Å². The van der Waals surface area contributed by atoms with Gasteiger partial charge in [-0.25, -0.2) is 15.0 Å². The van der Waals surface area contributed by atoms with Crippen LogP contribution in [0.3, 0.4) is 0 Å². The number of anilines is 2. The number of thiocarbonyl (C=S) groups is 1. The molecule has 5 rings (SSSR count). The van der Waals surface area contributed by atoms with E-state index in [1.807, 2.05) is 24.3 Å². The molecule has 0 aliphatic carbocycles. The number of piperidine rings is 1. The summed E-state index contributed by atoms with van der Waals surface area (Å²) in [4.78, 5) is 20.4. The van der Waals surface area contributed by atoms with E-state index in [1.165, 1.54) is 18.2 Å². The van der Waals surface area contributed by atoms with Gasteiger partial charge < -0.3 is 25.0 Å². The molecule has 4 heterocycles. The molecule has 2 aliphatic rings. The third kappa shape index (κ3) is 6.09. The second kappa shape index (κ2) is 11.0. The summed E-state index contributed by atoms with van der Waals surface area (Å²) in [7, 11) is 0. The molecule has 0 bridgehead atoms. The largest absolute Gasteiger partial charge is 0.486 e. The predicted octanol–water partition coefficient (Wildman–Crippen LogP) is 4.05. The quantitative estimate of drug-likeness (QED) is 0.286. The summed E-state index contributed by atoms with van der Waals surface area (Å²) >= 11 is 6.95. The standard InChI is InChI=1S/C24H27N7O2S2/c1-16-5-2-3-10-31(16)20-14-21(35-24-25-8-4-9-26-24)29-22(28-20)30-23(34)27-15-17-6-7-18-19(13-17)33-12-11-32-18/h4,6-9,13-14,16H,2-3,5,10-12,15H2,1H3,(H2,27,28,29,30,34)/t16-/m0/s1. The molecular weight excluding hydrogens is 482 g/mol. The summed E-state index contributed by atoms with van der Waals surface area (Å²) in [6.07, 6.45) is 6.98. The van der Waals surface area contributed by atoms with Crippen molar-refractivity contribution < 1.29 is 9.47 Å². The number of rotatable bonds is 6. The molecule has 9 nitrogen and oxygen atoms in total. The Morgan fingerprint density at radius 2 is 1.94 bits per heavy atom. The second-order valence-electron chi connectivity index (χ2n) is 8.35. The number of aromatic nitrogens is 4. The predicted molar refractivity (Wildman–Crippen MR) is 139 cm³/mol. The SMILES string of the molecule is C[C@H]1CCCCN1c1cc(Sc2ncccn2)nc(NC(=S)NCc2ccc3c(c2)OCCO3)n1. The maximum atomic E-state index is 5.67. The molecule has 2 aromatic heterocycles. The van der Waals surface area contributed by atoms with Gasteiger partial charge in [-0.05, 0) is 73.9 Å². The summed E-state index contributed by atoms with van der Waals surface area (Å²) in [5.74, 6) is 2.84. The van der Waals surface area contributed by atoms with Crippen LogP contribution in [0.1, 0.15) is 31.7 Å². The van der Waals surface area contributed by atoms with Crippen molar-refractivity contribution in [2.75, 3.05) is 30.0 Å². The lowest BCUT2D eigenvalue weighted by Crippen LogP contribution is -2.38. The fraction of sp³-hybridized carbons (Fsp3) is 0.375. The van der Waals surface area contributed by atoms with Crippen LogP contribution in [0.5, 0.6) is 11.5 Å². The van der Waals surface area contributed by atoms with Gasteiger partial charge in [-0.2, -0.15) is 4.98 Å². The molecule has 3 aromatic rings. The summed E-state index contributed by atoms with van der Waals surface area (Å²) in [6.45, 7) is 4.87. The molecule has 0 saturated carbocycles. The molecule has 0 radical (unpaired) electrons. The van der Waals surface area contributed by atoms with Crippen molar-refractivity contribution in [3.05, 3.63) is 48.3 Å². The minimum atomic E-state index is 0.414. The molecule has 1 aromatic carbocycles. The summed E-state index contributed by atoms with van der Waals surface area (Å²) in [6, 6.07) is 10.1. The fourth-order valence-electron chi connectivity index (χ4n) is 4.06. The minimum Gasteiger partial charge on any atom is -0.486 e. The van der Waals surface area contributed by atoms with Gasteiger partial charge in [-0.3, -0.25) is 0 Å². The van der Waals surface area contributed by atoms with E-state index in [0.717, 1.165) is 47.3 Å². The normalized spacial score (nSPS) is 17.1. The van der Waals surface area contributed by atoms with Crippen LogP contribution in [0, 0.1) is 0 Å². The van der Waals surface area contributed by atoms with E-state index >= 15 is 0 Å². The number of hydrogen-bond donors (Lipinski definition) is 2. The van der Waals surface area contributed by atoms with Gasteiger partial charge in [-0.15, -0.1) is 0 Å². The van der Waals surface area contributed by atoms with Gasteiger partial charge >= 0.3 is 0 Å². The second-order valence-corrected chi connectivity index (χ2v) is 9.74. The van der Waals surface area contributed by atoms with Crippen molar-refractivity contribution in [2.45, 2.75) is 49.0 Å². The highest BCUT2D eigenvalue weighted by atomic mass is 32.2. The van der Waals surface area contributed by atoms with E-state index in [0.29, 0.717) is 42.0 Å². The van der Waals surface area contributed by atoms with Crippen molar-refractivity contribution in [1.29, 1.82) is 0 Å². The van der Waals surface area contributed by atoms with E-state index in [9.17, 15) is 0 Å². The first-order valence-electron chi connectivity index (χ1n) is 11.7. The van der Waals surface area contributed by atoms with Crippen molar-refractivity contribution in [3.63, 3.8) is 0 Å². The number of nitrogens with zero attached hydrogens (tertiary/aromatic N) is 5. The zero-order chi connectivity index (χ0) is 24.0. The van der Waals surface area contributed by atoms with Crippen LogP contribution < -0.4 is 25.0 Å². The van der Waals surface area contributed by atoms with Gasteiger partial charge in [0.1, 0.15) is 24.1 Å². The molecule has 0 spiro atoms. The zero-order valence-electron chi connectivity index (χ0n) is 19.4. The van der Waals surface area contributed by atoms with Crippen molar-refractivity contribution >= 4 is 40.9 Å². The van der Waals surface area contributed by atoms with Gasteiger partial charge in [0.25, 0.3) is 0 Å². The van der Waals surface area contributed by atoms with Crippen LogP contribution in [0.15, 0.2) is 52.9 Å². The molecule has 11 heteroatoms. The zero-order valence-corrected chi connectivity index (χ0v) is 21.1. The number of fused-ring (bicyclic) bond motifs is 1. The van der Waals surface area contributed by atoms with Crippen LogP contribution in [0.2, 0.25) is 0 Å². The molecule has 182 valence electrons. The van der Waals surface area contributed by atoms with Crippen LogP contribution >= 0.6 is 24.0 Å². The number of benzene rings is 1. The van der Waals surface area contributed by atoms with Crippen LogP contribution in [-0.4, -0.2) is 50.8 Å². The average molecular weight is 510 g/mol. The monoisotopic (exact) mass is 509 g/mol. The third-order valence-electron chi connectivity index (χ3n) is 5.81. The number of nitrogens with one attached hydrogen (secondary N) is 2. The first-order valence-corrected chi connectivity index (χ1v) is 12.9. The van der Waals surface area contributed by atoms with Crippen molar-refractivity contribution in [1.82, 2.24) is 25.3 Å². The highest BCUT2D eigenvalue weighted by Crippen LogP contribution is 2.31. The Bertz CT molecular complexity index is 1180. The van der Waals surface area contributed by atoms with Gasteiger partial charge in [-0.1, -0.05) is 6.07 Å². The Morgan fingerprint density at radius 3 is 2.77 bits per heavy atom. The molecule has 1 fully saturated rings. The first kappa shape index (κ1) is 23.6. The van der Waals surface area contributed by atoms with E-state index < -0.39 is 0 Å². The van der Waals surface area contributed by atoms with E-state index in [1.54, 1.807) is 18.5 Å². The fourth-order valence-corrected chi connectivity index (χ4v) is 4.94. The Morgan fingerprint density at radius 1 is 1.11 bits per heavy atom. The number of ether oxygens (including phenoxy) is 2. The van der Waals surface area contributed by atoms with E-state index in [2.05, 4.69) is 37.4 Å². The maximum Gasteiger partial charge on any atom is 0.232 e. The van der Waals surface area contributed by atoms with Crippen LogP contribution in [-0.2, 0) is 6.54 Å². The molecule has 1 atom stereocenters. The van der Waals surface area contributed by atoms with E-state index in [-0.39, 0.29) is 0 Å². The topological polar surface area (TPSA) is 97.3 Å². The minimum absolute atomic E-state index is 0.414. The summed E-state index contributed by atoms with van der Waals surface area (Å²) in [5, 5.41) is 8.22. The maximum absolute atomic E-state index is 5.67. The molecule has 35 heavy (non-hydrogen) atoms. The van der Waals surface area contributed by atoms with Gasteiger partial charge in [0.05, 0.1) is 0 Å². The summed E-state index contributed by atoms with van der Waals surface area (Å²) in [5.41, 5.74) is 1.03. The summed E-state index contributed by atoms with van der Waals surface area (Å²) < 4.78 is 11.3. The molecule has 0 unspecified atom stereocenters. The smallest absolute Gasteiger partial charge is 0.232 e. The highest BCUT2D eigenvalue weighted by Gasteiger charge is 2.22. The highest BCUT2D eigenvalue weighted by molar-refractivity contribution is 7.99. The Hall–Kier alpha value is -3.18. The number of hydrogen-bond acceptors (Lipinski definition) is 9. The third-order valence-corrected chi connectivity index (χ3v) is 6.87. The molecule has 1 saturated heterocycles. The lowest BCUT2D eigenvalue weighted by atomic mass is 10.0. The van der Waals surface area contributed by atoms with Crippen molar-refractivity contribution in [2.24, 2.45) is 0 Å². The lowest BCUT2D eigenvalue weighted by Gasteiger charge is -2.34. The molecule has 2 N–H and O–H groups in total. The van der Waals surface area contributed by atoms with E-state index in [4.69, 9.17) is 26.7 Å². The molecule has 0 amide bonds. The van der Waals surface area contributed by atoms with Gasteiger partial charge in [0, 0.05) is 37.6 Å². The molecule has 2 aliphatic heterocycles. The van der Waals surface area contributed by atoms with Crippen molar-refractivity contribution in [3.8, 4) is 11.5 Å². The van der Waals surface area contributed by atoms with Crippen LogP contribution in [0.4, 0.5) is 11.8 Å². The Kier molecular flexibility index (Phi) is 7.43. The Labute approximate surface area is 214 Å². The average Bonchev–Trinajstić information content (AvgIpc) is 2.88. The Balaban J connectivity index is 1.30. The first-order chi connectivity index (χ1) is 17.1. The lowest BCUT2D eigenvalue weighted by molar-refractivity contribution is 0.171. The van der Waals surface area contributed by atoms with Crippen LogP contribution in [0.25, 0.3) is 0 Å². The van der Waals surface area contributed by atoms with Gasteiger partial charge in [0.2, 0.25) is 5.95 Å². The molecular formula is C24H27N7O2S2.